The van der Waals surface area contributed by atoms with E-state index in [0.29, 0.717) is 0 Å². The Morgan fingerprint density at radius 1 is 1.45 bits per heavy atom. The van der Waals surface area contributed by atoms with E-state index in [0.717, 1.165) is 5.06 Å². The first-order chi connectivity index (χ1) is 4.95. The average molecular weight is 160 g/mol. The minimum absolute atomic E-state index is 0.0149. The monoisotopic (exact) mass is 160 g/mol. The maximum Gasteiger partial charge on any atom is 0.238 e. The van der Waals surface area contributed by atoms with Crippen molar-refractivity contribution in [2.45, 2.75) is 19.9 Å². The van der Waals surface area contributed by atoms with Crippen LogP contribution in [0.2, 0.25) is 0 Å². The van der Waals surface area contributed by atoms with Gasteiger partial charge >= 0.3 is 0 Å². The third kappa shape index (κ3) is 3.95. The molecule has 0 aromatic rings. The second-order valence-corrected chi connectivity index (χ2v) is 2.98. The van der Waals surface area contributed by atoms with Crippen LogP contribution in [0.25, 0.3) is 0 Å². The fourth-order valence-electron chi connectivity index (χ4n) is 0.463. The van der Waals surface area contributed by atoms with Crippen LogP contribution in [0, 0.1) is 0 Å². The van der Waals surface area contributed by atoms with E-state index in [1.54, 1.807) is 14.1 Å². The minimum atomic E-state index is -0.0961. The molecule has 0 aliphatic heterocycles. The number of likely N-dealkylation sites (N-methyl/N-ethyl adjacent to an activating group) is 1. The first-order valence-electron chi connectivity index (χ1n) is 3.60. The fraction of sp³-hybridized carbons (Fsp3) is 0.857. The average Bonchev–Trinajstić information content (AvgIpc) is 1.87. The smallest absolute Gasteiger partial charge is 0.238 e. The van der Waals surface area contributed by atoms with E-state index in [4.69, 9.17) is 5.21 Å². The van der Waals surface area contributed by atoms with Crippen LogP contribution in [0.4, 0.5) is 0 Å². The number of hydrogen-bond donors (Lipinski definition) is 1. The Balaban J connectivity index is 3.76. The summed E-state index contributed by atoms with van der Waals surface area (Å²) in [6.07, 6.45) is 0. The lowest BCUT2D eigenvalue weighted by Gasteiger charge is -2.20. The molecule has 0 radical (unpaired) electrons. The molecule has 0 bridgehead atoms. The molecule has 0 spiro atoms. The summed E-state index contributed by atoms with van der Waals surface area (Å²) in [5, 5.41) is 10.1. The van der Waals surface area contributed by atoms with E-state index in [9.17, 15) is 4.79 Å². The zero-order valence-electron chi connectivity index (χ0n) is 7.53. The number of amides is 1. The zero-order valence-corrected chi connectivity index (χ0v) is 7.53. The maximum atomic E-state index is 11.0. The normalized spacial score (nSPS) is 10.8. The molecule has 1 amide bonds. The summed E-state index contributed by atoms with van der Waals surface area (Å²) in [7, 11) is 3.33. The van der Waals surface area contributed by atoms with Gasteiger partial charge in [0, 0.05) is 20.1 Å². The van der Waals surface area contributed by atoms with Crippen molar-refractivity contribution in [2.75, 3.05) is 20.6 Å². The molecule has 0 atom stereocenters. The van der Waals surface area contributed by atoms with Crippen molar-refractivity contribution in [1.29, 1.82) is 0 Å². The second kappa shape index (κ2) is 4.31. The summed E-state index contributed by atoms with van der Waals surface area (Å²) in [4.78, 5) is 12.4. The van der Waals surface area contributed by atoms with Crippen molar-refractivity contribution < 1.29 is 10.0 Å². The van der Waals surface area contributed by atoms with Crippen LogP contribution in [-0.4, -0.2) is 47.8 Å². The van der Waals surface area contributed by atoms with Crippen molar-refractivity contribution in [3.63, 3.8) is 0 Å². The molecule has 0 fully saturated rings. The molecule has 66 valence electrons. The number of hydroxylamine groups is 2. The summed E-state index contributed by atoms with van der Waals surface area (Å²) in [5.41, 5.74) is 0. The van der Waals surface area contributed by atoms with E-state index >= 15 is 0 Å². The van der Waals surface area contributed by atoms with E-state index in [2.05, 4.69) is 0 Å². The molecule has 4 nitrogen and oxygen atoms in total. The van der Waals surface area contributed by atoms with E-state index in [1.807, 2.05) is 13.8 Å². The Labute approximate surface area is 67.4 Å². The highest BCUT2D eigenvalue weighted by atomic mass is 16.5. The van der Waals surface area contributed by atoms with Crippen molar-refractivity contribution in [1.82, 2.24) is 9.96 Å². The van der Waals surface area contributed by atoms with Gasteiger partial charge in [-0.3, -0.25) is 4.79 Å². The van der Waals surface area contributed by atoms with E-state index in [-0.39, 0.29) is 18.5 Å². The summed E-state index contributed by atoms with van der Waals surface area (Å²) in [6, 6.07) is -0.0149. The molecule has 0 aliphatic rings. The van der Waals surface area contributed by atoms with Crippen LogP contribution in [0.15, 0.2) is 0 Å². The molecule has 0 rings (SSSR count). The predicted molar refractivity (Wildman–Crippen MR) is 42.3 cm³/mol. The van der Waals surface area contributed by atoms with Crippen LogP contribution < -0.4 is 0 Å². The van der Waals surface area contributed by atoms with Crippen molar-refractivity contribution in [2.24, 2.45) is 0 Å². The van der Waals surface area contributed by atoms with Gasteiger partial charge in [-0.15, -0.1) is 0 Å². The Hall–Kier alpha value is -0.610. The molecule has 4 heteroatoms. The third-order valence-electron chi connectivity index (χ3n) is 1.39. The summed E-state index contributed by atoms with van der Waals surface area (Å²) < 4.78 is 0. The molecule has 11 heavy (non-hydrogen) atoms. The van der Waals surface area contributed by atoms with Gasteiger partial charge in [-0.1, -0.05) is 0 Å². The molecular formula is C7H16N2O2. The predicted octanol–water partition coefficient (Wildman–Crippen LogP) is 0.174. The van der Waals surface area contributed by atoms with Crippen molar-refractivity contribution in [3.05, 3.63) is 0 Å². The summed E-state index contributed by atoms with van der Waals surface area (Å²) >= 11 is 0. The maximum absolute atomic E-state index is 11.0. The van der Waals surface area contributed by atoms with Gasteiger partial charge in [0.05, 0.1) is 0 Å². The highest BCUT2D eigenvalue weighted by Crippen LogP contribution is 1.92. The van der Waals surface area contributed by atoms with Crippen LogP contribution >= 0.6 is 0 Å². The Bertz CT molecular complexity index is 134. The first kappa shape index (κ1) is 10.4. The topological polar surface area (TPSA) is 43.8 Å². The van der Waals surface area contributed by atoms with E-state index in [1.165, 1.54) is 4.90 Å². The standard InChI is InChI=1S/C7H16N2O2/c1-6(2)9(11)5-7(10)8(3)4/h6,11H,5H2,1-4H3. The number of carbonyl (C=O) groups excluding carboxylic acids is 1. The summed E-state index contributed by atoms with van der Waals surface area (Å²) in [5.74, 6) is -0.0961. The third-order valence-corrected chi connectivity index (χ3v) is 1.39. The Morgan fingerprint density at radius 3 is 2.18 bits per heavy atom. The number of hydrogen-bond acceptors (Lipinski definition) is 3. The lowest BCUT2D eigenvalue weighted by molar-refractivity contribution is -0.152. The first-order valence-corrected chi connectivity index (χ1v) is 3.60. The van der Waals surface area contributed by atoms with Gasteiger partial charge in [-0.2, -0.15) is 5.06 Å². The molecule has 0 heterocycles. The van der Waals surface area contributed by atoms with Gasteiger partial charge in [0.2, 0.25) is 5.91 Å². The molecule has 0 saturated carbocycles. The molecular weight excluding hydrogens is 144 g/mol. The SMILES string of the molecule is CC(C)N(O)CC(=O)N(C)C. The molecule has 0 unspecified atom stereocenters. The van der Waals surface area contributed by atoms with Gasteiger partial charge in [-0.25, -0.2) is 0 Å². The van der Waals surface area contributed by atoms with Gasteiger partial charge < -0.3 is 10.1 Å². The number of rotatable bonds is 3. The molecule has 0 aromatic heterocycles. The Kier molecular flexibility index (Phi) is 4.07. The molecule has 1 N–H and O–H groups in total. The number of nitrogens with zero attached hydrogens (tertiary/aromatic N) is 2. The molecule has 0 saturated heterocycles. The molecule has 0 aliphatic carbocycles. The van der Waals surface area contributed by atoms with Gasteiger partial charge in [-0.05, 0) is 13.8 Å². The lowest BCUT2D eigenvalue weighted by Crippen LogP contribution is -2.38. The summed E-state index contributed by atoms with van der Waals surface area (Å²) in [6.45, 7) is 3.70. The van der Waals surface area contributed by atoms with Gasteiger partial charge in [0.25, 0.3) is 0 Å². The van der Waals surface area contributed by atoms with Crippen LogP contribution in [0.1, 0.15) is 13.8 Å². The number of carbonyl (C=O) groups is 1. The van der Waals surface area contributed by atoms with Crippen LogP contribution in [-0.2, 0) is 4.79 Å². The Morgan fingerprint density at radius 2 is 1.91 bits per heavy atom. The van der Waals surface area contributed by atoms with Crippen molar-refractivity contribution in [3.8, 4) is 0 Å². The zero-order chi connectivity index (χ0) is 9.02. The van der Waals surface area contributed by atoms with Gasteiger partial charge in [0.15, 0.2) is 0 Å². The van der Waals surface area contributed by atoms with Gasteiger partial charge in [0.1, 0.15) is 6.54 Å². The highest BCUT2D eigenvalue weighted by molar-refractivity contribution is 5.77. The van der Waals surface area contributed by atoms with E-state index < -0.39 is 0 Å². The van der Waals surface area contributed by atoms with Crippen LogP contribution in [0.5, 0.6) is 0 Å². The van der Waals surface area contributed by atoms with Crippen molar-refractivity contribution >= 4 is 5.91 Å². The molecule has 0 aromatic carbocycles. The minimum Gasteiger partial charge on any atom is -0.348 e. The fourth-order valence-corrected chi connectivity index (χ4v) is 0.463. The highest BCUT2D eigenvalue weighted by Gasteiger charge is 2.11. The quantitative estimate of drug-likeness (QED) is 0.599. The second-order valence-electron chi connectivity index (χ2n) is 2.98. The lowest BCUT2D eigenvalue weighted by atomic mass is 10.4. The van der Waals surface area contributed by atoms with Crippen LogP contribution in [0.3, 0.4) is 0 Å². The largest absolute Gasteiger partial charge is 0.348 e.